The molecule has 1 fully saturated rings. The Balaban J connectivity index is 1.81. The SMILES string of the molecule is CC(=O)c1cccc(NC(=O)c2cccc(S(=O)(=O)N3CCCCCC3)c2)c1. The van der Waals surface area contributed by atoms with Crippen molar-refractivity contribution in [3.05, 3.63) is 59.7 Å². The van der Waals surface area contributed by atoms with E-state index in [0.717, 1.165) is 25.7 Å². The molecule has 28 heavy (non-hydrogen) atoms. The van der Waals surface area contributed by atoms with E-state index in [1.165, 1.54) is 23.4 Å². The Morgan fingerprint density at radius 2 is 1.54 bits per heavy atom. The molecule has 0 aromatic heterocycles. The van der Waals surface area contributed by atoms with E-state index in [9.17, 15) is 18.0 Å². The van der Waals surface area contributed by atoms with Gasteiger partial charge in [0.15, 0.2) is 5.78 Å². The zero-order valence-corrected chi connectivity index (χ0v) is 16.7. The van der Waals surface area contributed by atoms with Gasteiger partial charge in [0.25, 0.3) is 5.91 Å². The van der Waals surface area contributed by atoms with Gasteiger partial charge >= 0.3 is 0 Å². The van der Waals surface area contributed by atoms with E-state index in [1.54, 1.807) is 36.4 Å². The van der Waals surface area contributed by atoms with E-state index in [4.69, 9.17) is 0 Å². The van der Waals surface area contributed by atoms with Crippen LogP contribution in [0.3, 0.4) is 0 Å². The molecule has 1 aliphatic rings. The zero-order chi connectivity index (χ0) is 20.1. The molecule has 7 heteroatoms. The standard InChI is InChI=1S/C21H24N2O4S/c1-16(24)17-8-6-10-19(14-17)22-21(25)18-9-7-11-20(15-18)28(26,27)23-12-4-2-3-5-13-23/h6-11,14-15H,2-5,12-13H2,1H3,(H,22,25). The van der Waals surface area contributed by atoms with Gasteiger partial charge in [-0.15, -0.1) is 0 Å². The summed E-state index contributed by atoms with van der Waals surface area (Å²) in [4.78, 5) is 24.2. The molecule has 0 bridgehead atoms. The Kier molecular flexibility index (Phi) is 6.26. The third kappa shape index (κ3) is 4.66. The Labute approximate surface area is 165 Å². The van der Waals surface area contributed by atoms with Crippen LogP contribution in [0.5, 0.6) is 0 Å². The maximum atomic E-state index is 12.9. The Bertz CT molecular complexity index is 977. The van der Waals surface area contributed by atoms with Crippen LogP contribution in [-0.2, 0) is 10.0 Å². The van der Waals surface area contributed by atoms with Crippen molar-refractivity contribution in [3.63, 3.8) is 0 Å². The molecule has 2 aromatic carbocycles. The van der Waals surface area contributed by atoms with Crippen LogP contribution in [0.15, 0.2) is 53.4 Å². The van der Waals surface area contributed by atoms with Crippen LogP contribution in [0, 0.1) is 0 Å². The molecule has 1 saturated heterocycles. The average Bonchev–Trinajstić information content (AvgIpc) is 2.98. The molecule has 1 amide bonds. The number of nitrogens with zero attached hydrogens (tertiary/aromatic N) is 1. The van der Waals surface area contributed by atoms with Crippen LogP contribution < -0.4 is 5.32 Å². The smallest absolute Gasteiger partial charge is 0.255 e. The van der Waals surface area contributed by atoms with Crippen LogP contribution >= 0.6 is 0 Å². The number of benzene rings is 2. The minimum atomic E-state index is -3.62. The summed E-state index contributed by atoms with van der Waals surface area (Å²) >= 11 is 0. The van der Waals surface area contributed by atoms with E-state index in [2.05, 4.69) is 5.32 Å². The van der Waals surface area contributed by atoms with Crippen LogP contribution in [0.2, 0.25) is 0 Å². The Hall–Kier alpha value is -2.51. The molecule has 1 heterocycles. The van der Waals surface area contributed by atoms with E-state index in [1.807, 2.05) is 0 Å². The minimum absolute atomic E-state index is 0.0957. The van der Waals surface area contributed by atoms with Crippen molar-refractivity contribution >= 4 is 27.4 Å². The second-order valence-electron chi connectivity index (χ2n) is 6.94. The molecule has 0 radical (unpaired) electrons. The molecule has 0 aliphatic carbocycles. The molecule has 0 spiro atoms. The number of nitrogens with one attached hydrogen (secondary N) is 1. The first-order chi connectivity index (χ1) is 13.4. The summed E-state index contributed by atoms with van der Waals surface area (Å²) in [5, 5.41) is 2.72. The van der Waals surface area contributed by atoms with Crippen LogP contribution in [0.25, 0.3) is 0 Å². The van der Waals surface area contributed by atoms with Crippen molar-refractivity contribution in [3.8, 4) is 0 Å². The lowest BCUT2D eigenvalue weighted by Crippen LogP contribution is -2.32. The number of amides is 1. The van der Waals surface area contributed by atoms with Crippen LogP contribution in [0.1, 0.15) is 53.3 Å². The van der Waals surface area contributed by atoms with Crippen molar-refractivity contribution in [1.82, 2.24) is 4.31 Å². The summed E-state index contributed by atoms with van der Waals surface area (Å²) in [5.41, 5.74) is 1.23. The van der Waals surface area contributed by atoms with Gasteiger partial charge in [-0.3, -0.25) is 9.59 Å². The molecular weight excluding hydrogens is 376 g/mol. The fourth-order valence-electron chi connectivity index (χ4n) is 3.25. The largest absolute Gasteiger partial charge is 0.322 e. The highest BCUT2D eigenvalue weighted by molar-refractivity contribution is 7.89. The zero-order valence-electron chi connectivity index (χ0n) is 15.8. The number of hydrogen-bond donors (Lipinski definition) is 1. The second kappa shape index (κ2) is 8.67. The molecular formula is C21H24N2O4S. The molecule has 0 atom stereocenters. The number of carbonyl (C=O) groups is 2. The van der Waals surface area contributed by atoms with Gasteiger partial charge in [-0.2, -0.15) is 4.31 Å². The Morgan fingerprint density at radius 1 is 0.893 bits per heavy atom. The lowest BCUT2D eigenvalue weighted by Gasteiger charge is -2.20. The molecule has 2 aromatic rings. The second-order valence-corrected chi connectivity index (χ2v) is 8.88. The van der Waals surface area contributed by atoms with Gasteiger partial charge in [0, 0.05) is 29.9 Å². The predicted molar refractivity (Wildman–Crippen MR) is 108 cm³/mol. The highest BCUT2D eigenvalue weighted by Crippen LogP contribution is 2.22. The minimum Gasteiger partial charge on any atom is -0.322 e. The van der Waals surface area contributed by atoms with Gasteiger partial charge in [-0.25, -0.2) is 8.42 Å². The van der Waals surface area contributed by atoms with Gasteiger partial charge in [-0.05, 0) is 50.1 Å². The van der Waals surface area contributed by atoms with Crippen molar-refractivity contribution in [2.75, 3.05) is 18.4 Å². The van der Waals surface area contributed by atoms with Gasteiger partial charge in [0.2, 0.25) is 10.0 Å². The summed E-state index contributed by atoms with van der Waals surface area (Å²) in [6.07, 6.45) is 3.78. The van der Waals surface area contributed by atoms with Crippen molar-refractivity contribution in [2.24, 2.45) is 0 Å². The van der Waals surface area contributed by atoms with Gasteiger partial charge in [-0.1, -0.05) is 31.0 Å². The lowest BCUT2D eigenvalue weighted by molar-refractivity contribution is 0.101. The first kappa shape index (κ1) is 20.2. The summed E-state index contributed by atoms with van der Waals surface area (Å²) in [7, 11) is -3.62. The number of sulfonamides is 1. The molecule has 1 N–H and O–H groups in total. The van der Waals surface area contributed by atoms with Crippen molar-refractivity contribution in [2.45, 2.75) is 37.5 Å². The molecule has 3 rings (SSSR count). The van der Waals surface area contributed by atoms with E-state index < -0.39 is 15.9 Å². The number of rotatable bonds is 5. The highest BCUT2D eigenvalue weighted by atomic mass is 32.2. The highest BCUT2D eigenvalue weighted by Gasteiger charge is 2.25. The topological polar surface area (TPSA) is 83.5 Å². The first-order valence-electron chi connectivity index (χ1n) is 9.40. The number of anilines is 1. The van der Waals surface area contributed by atoms with Crippen LogP contribution in [0.4, 0.5) is 5.69 Å². The number of hydrogen-bond acceptors (Lipinski definition) is 4. The van der Waals surface area contributed by atoms with Crippen molar-refractivity contribution in [1.29, 1.82) is 0 Å². The fourth-order valence-corrected chi connectivity index (χ4v) is 4.81. The quantitative estimate of drug-likeness (QED) is 0.776. The van der Waals surface area contributed by atoms with E-state index in [0.29, 0.717) is 24.3 Å². The molecule has 148 valence electrons. The monoisotopic (exact) mass is 400 g/mol. The average molecular weight is 401 g/mol. The van der Waals surface area contributed by atoms with Crippen LogP contribution in [-0.4, -0.2) is 37.5 Å². The molecule has 0 saturated carbocycles. The third-order valence-corrected chi connectivity index (χ3v) is 6.72. The number of Topliss-reactive ketones (excluding diaryl/α,β-unsaturated/α-hetero) is 1. The maximum Gasteiger partial charge on any atom is 0.255 e. The molecule has 6 nitrogen and oxygen atoms in total. The summed E-state index contributed by atoms with van der Waals surface area (Å²) in [5.74, 6) is -0.518. The fraction of sp³-hybridized carbons (Fsp3) is 0.333. The van der Waals surface area contributed by atoms with E-state index in [-0.39, 0.29) is 16.2 Å². The van der Waals surface area contributed by atoms with Gasteiger partial charge < -0.3 is 5.32 Å². The van der Waals surface area contributed by atoms with Gasteiger partial charge in [0.1, 0.15) is 0 Å². The predicted octanol–water partition coefficient (Wildman–Crippen LogP) is 3.71. The number of ketones is 1. The lowest BCUT2D eigenvalue weighted by atomic mass is 10.1. The summed E-state index contributed by atoms with van der Waals surface area (Å²) in [6, 6.07) is 12.7. The maximum absolute atomic E-state index is 12.9. The summed E-state index contributed by atoms with van der Waals surface area (Å²) < 4.78 is 27.4. The molecule has 0 unspecified atom stereocenters. The number of carbonyl (C=O) groups excluding carboxylic acids is 2. The first-order valence-corrected chi connectivity index (χ1v) is 10.8. The summed E-state index contributed by atoms with van der Waals surface area (Å²) in [6.45, 7) is 2.48. The normalized spacial score (nSPS) is 15.6. The molecule has 1 aliphatic heterocycles. The van der Waals surface area contributed by atoms with E-state index >= 15 is 0 Å². The third-order valence-electron chi connectivity index (χ3n) is 4.83. The van der Waals surface area contributed by atoms with Crippen molar-refractivity contribution < 1.29 is 18.0 Å². The van der Waals surface area contributed by atoms with Gasteiger partial charge in [0.05, 0.1) is 4.90 Å². The Morgan fingerprint density at radius 3 is 2.21 bits per heavy atom.